The fraction of sp³-hybridized carbons (Fsp3) is 0.500. The Morgan fingerprint density at radius 2 is 2.05 bits per heavy atom. The number of amides is 1. The lowest BCUT2D eigenvalue weighted by molar-refractivity contribution is -0.115. The molecule has 1 amide bonds. The van der Waals surface area contributed by atoms with E-state index >= 15 is 0 Å². The number of nitrogens with one attached hydrogen (secondary N) is 2. The Bertz CT molecular complexity index is 379. The summed E-state index contributed by atoms with van der Waals surface area (Å²) in [5.74, 6) is 0.618. The molecule has 5 heteroatoms. The van der Waals surface area contributed by atoms with Crippen molar-refractivity contribution in [3.63, 3.8) is 0 Å². The number of aliphatic hydroxyl groups is 1. The second-order valence-corrected chi connectivity index (χ2v) is 4.35. The first-order chi connectivity index (χ1) is 9.15. The summed E-state index contributed by atoms with van der Waals surface area (Å²) < 4.78 is 5.04. The van der Waals surface area contributed by atoms with E-state index in [0.29, 0.717) is 6.54 Å². The normalized spacial score (nSPS) is 11.9. The van der Waals surface area contributed by atoms with Gasteiger partial charge in [0.05, 0.1) is 19.8 Å². The summed E-state index contributed by atoms with van der Waals surface area (Å²) in [6.07, 6.45) is 1.28. The topological polar surface area (TPSA) is 70.6 Å². The van der Waals surface area contributed by atoms with E-state index in [9.17, 15) is 9.90 Å². The summed E-state index contributed by atoms with van der Waals surface area (Å²) in [4.78, 5) is 11.6. The van der Waals surface area contributed by atoms with Crippen LogP contribution in [0.25, 0.3) is 0 Å². The van der Waals surface area contributed by atoms with Crippen LogP contribution in [0, 0.1) is 0 Å². The summed E-state index contributed by atoms with van der Waals surface area (Å²) in [5.41, 5.74) is 0.724. The monoisotopic (exact) mass is 266 g/mol. The number of benzene rings is 1. The SMILES string of the molecule is CCCC(O)CNCC(=O)Nc1ccc(OC)cc1. The molecule has 0 saturated carbocycles. The first kappa shape index (κ1) is 15.5. The molecule has 1 aromatic carbocycles. The van der Waals surface area contributed by atoms with E-state index in [1.54, 1.807) is 31.4 Å². The molecule has 0 saturated heterocycles. The van der Waals surface area contributed by atoms with Crippen molar-refractivity contribution in [1.29, 1.82) is 0 Å². The van der Waals surface area contributed by atoms with Gasteiger partial charge in [-0.25, -0.2) is 0 Å². The Kier molecular flexibility index (Phi) is 6.92. The third-order valence-corrected chi connectivity index (χ3v) is 2.66. The molecule has 1 aromatic rings. The lowest BCUT2D eigenvalue weighted by Crippen LogP contribution is -2.33. The summed E-state index contributed by atoms with van der Waals surface area (Å²) in [5, 5.41) is 15.2. The molecule has 0 aliphatic rings. The molecule has 0 bridgehead atoms. The molecule has 1 atom stereocenters. The van der Waals surface area contributed by atoms with Crippen LogP contribution >= 0.6 is 0 Å². The number of ether oxygens (including phenoxy) is 1. The first-order valence-electron chi connectivity index (χ1n) is 6.48. The predicted molar refractivity (Wildman–Crippen MR) is 75.4 cm³/mol. The van der Waals surface area contributed by atoms with Crippen LogP contribution < -0.4 is 15.4 Å². The zero-order valence-electron chi connectivity index (χ0n) is 11.5. The van der Waals surface area contributed by atoms with E-state index in [0.717, 1.165) is 24.3 Å². The van der Waals surface area contributed by atoms with E-state index in [-0.39, 0.29) is 12.5 Å². The molecule has 5 nitrogen and oxygen atoms in total. The quantitative estimate of drug-likeness (QED) is 0.665. The summed E-state index contributed by atoms with van der Waals surface area (Å²) >= 11 is 0. The summed E-state index contributed by atoms with van der Waals surface area (Å²) in [6.45, 7) is 2.64. The first-order valence-corrected chi connectivity index (χ1v) is 6.48. The largest absolute Gasteiger partial charge is 0.497 e. The maximum Gasteiger partial charge on any atom is 0.238 e. The van der Waals surface area contributed by atoms with Gasteiger partial charge in [-0.05, 0) is 30.7 Å². The second kappa shape index (κ2) is 8.50. The van der Waals surface area contributed by atoms with Gasteiger partial charge in [0.2, 0.25) is 5.91 Å². The Labute approximate surface area is 114 Å². The number of carbonyl (C=O) groups excluding carboxylic acids is 1. The van der Waals surface area contributed by atoms with Crippen LogP contribution in [0.15, 0.2) is 24.3 Å². The van der Waals surface area contributed by atoms with E-state index in [1.807, 2.05) is 6.92 Å². The Balaban J connectivity index is 2.26. The molecule has 0 spiro atoms. The van der Waals surface area contributed by atoms with Gasteiger partial charge >= 0.3 is 0 Å². The van der Waals surface area contributed by atoms with Gasteiger partial charge in [0.15, 0.2) is 0 Å². The van der Waals surface area contributed by atoms with Crippen molar-refractivity contribution in [2.75, 3.05) is 25.5 Å². The van der Waals surface area contributed by atoms with Gasteiger partial charge in [0, 0.05) is 12.2 Å². The Morgan fingerprint density at radius 1 is 1.37 bits per heavy atom. The van der Waals surface area contributed by atoms with E-state index in [4.69, 9.17) is 4.74 Å². The highest BCUT2D eigenvalue weighted by Crippen LogP contribution is 2.14. The zero-order chi connectivity index (χ0) is 14.1. The van der Waals surface area contributed by atoms with Crippen molar-refractivity contribution in [2.45, 2.75) is 25.9 Å². The summed E-state index contributed by atoms with van der Waals surface area (Å²) in [7, 11) is 1.60. The van der Waals surface area contributed by atoms with Crippen molar-refractivity contribution in [1.82, 2.24) is 5.32 Å². The molecule has 1 rings (SSSR count). The minimum Gasteiger partial charge on any atom is -0.497 e. The average molecular weight is 266 g/mol. The Morgan fingerprint density at radius 3 is 2.63 bits per heavy atom. The molecule has 106 valence electrons. The smallest absolute Gasteiger partial charge is 0.238 e. The number of rotatable bonds is 8. The minimum absolute atomic E-state index is 0.131. The van der Waals surface area contributed by atoms with E-state index in [2.05, 4.69) is 10.6 Å². The van der Waals surface area contributed by atoms with Crippen molar-refractivity contribution in [3.8, 4) is 5.75 Å². The van der Waals surface area contributed by atoms with Gasteiger partial charge in [-0.2, -0.15) is 0 Å². The molecule has 0 aromatic heterocycles. The van der Waals surface area contributed by atoms with E-state index in [1.165, 1.54) is 0 Å². The van der Waals surface area contributed by atoms with Gasteiger partial charge < -0.3 is 20.5 Å². The lowest BCUT2D eigenvalue weighted by atomic mass is 10.2. The molecule has 19 heavy (non-hydrogen) atoms. The molecule has 0 aliphatic carbocycles. The molecule has 0 radical (unpaired) electrons. The summed E-state index contributed by atoms with van der Waals surface area (Å²) in [6, 6.07) is 7.13. The molecule has 0 fully saturated rings. The predicted octanol–water partition coefficient (Wildman–Crippen LogP) is 1.38. The fourth-order valence-corrected chi connectivity index (χ4v) is 1.67. The fourth-order valence-electron chi connectivity index (χ4n) is 1.67. The van der Waals surface area contributed by atoms with Gasteiger partial charge in [0.1, 0.15) is 5.75 Å². The molecule has 1 unspecified atom stereocenters. The van der Waals surface area contributed by atoms with Crippen LogP contribution in [0.1, 0.15) is 19.8 Å². The van der Waals surface area contributed by atoms with Crippen LogP contribution in [0.4, 0.5) is 5.69 Å². The maximum absolute atomic E-state index is 11.6. The van der Waals surface area contributed by atoms with Gasteiger partial charge in [-0.1, -0.05) is 13.3 Å². The number of carbonyl (C=O) groups is 1. The molecule has 3 N–H and O–H groups in total. The highest BCUT2D eigenvalue weighted by molar-refractivity contribution is 5.92. The lowest BCUT2D eigenvalue weighted by Gasteiger charge is -2.11. The minimum atomic E-state index is -0.390. The molecular formula is C14H22N2O3. The van der Waals surface area contributed by atoms with Gasteiger partial charge in [-0.3, -0.25) is 4.79 Å². The highest BCUT2D eigenvalue weighted by atomic mass is 16.5. The third-order valence-electron chi connectivity index (χ3n) is 2.66. The van der Waals surface area contributed by atoms with Crippen LogP contribution in [-0.2, 0) is 4.79 Å². The number of hydrogen-bond donors (Lipinski definition) is 3. The van der Waals surface area contributed by atoms with Gasteiger partial charge in [-0.15, -0.1) is 0 Å². The average Bonchev–Trinajstić information content (AvgIpc) is 2.40. The zero-order valence-corrected chi connectivity index (χ0v) is 11.5. The number of anilines is 1. The van der Waals surface area contributed by atoms with Crippen molar-refractivity contribution < 1.29 is 14.6 Å². The highest BCUT2D eigenvalue weighted by Gasteiger charge is 2.05. The number of aliphatic hydroxyl groups excluding tert-OH is 1. The third kappa shape index (κ3) is 6.22. The molecular weight excluding hydrogens is 244 g/mol. The van der Waals surface area contributed by atoms with Crippen LogP contribution in [-0.4, -0.2) is 37.3 Å². The van der Waals surface area contributed by atoms with Gasteiger partial charge in [0.25, 0.3) is 0 Å². The standard InChI is InChI=1S/C14H22N2O3/c1-3-4-12(17)9-15-10-14(18)16-11-5-7-13(19-2)8-6-11/h5-8,12,15,17H,3-4,9-10H2,1-2H3,(H,16,18). The van der Waals surface area contributed by atoms with Crippen LogP contribution in [0.3, 0.4) is 0 Å². The van der Waals surface area contributed by atoms with E-state index < -0.39 is 6.10 Å². The van der Waals surface area contributed by atoms with Crippen molar-refractivity contribution in [3.05, 3.63) is 24.3 Å². The van der Waals surface area contributed by atoms with Crippen molar-refractivity contribution in [2.24, 2.45) is 0 Å². The second-order valence-electron chi connectivity index (χ2n) is 4.35. The maximum atomic E-state index is 11.6. The number of hydrogen-bond acceptors (Lipinski definition) is 4. The van der Waals surface area contributed by atoms with Crippen LogP contribution in [0.2, 0.25) is 0 Å². The number of methoxy groups -OCH3 is 1. The van der Waals surface area contributed by atoms with Crippen molar-refractivity contribution >= 4 is 11.6 Å². The molecule has 0 heterocycles. The molecule has 0 aliphatic heterocycles. The van der Waals surface area contributed by atoms with Crippen LogP contribution in [0.5, 0.6) is 5.75 Å². The Hall–Kier alpha value is -1.59.